The fourth-order valence-electron chi connectivity index (χ4n) is 1.64. The summed E-state index contributed by atoms with van der Waals surface area (Å²) in [7, 11) is 0. The minimum absolute atomic E-state index is 0. The summed E-state index contributed by atoms with van der Waals surface area (Å²) >= 11 is 0. The Balaban J connectivity index is 0.000000720. The number of benzene rings is 1. The van der Waals surface area contributed by atoms with E-state index in [0.29, 0.717) is 6.04 Å². The topological polar surface area (TPSA) is 26.0 Å². The normalized spacial score (nSPS) is 20.9. The van der Waals surface area contributed by atoms with Gasteiger partial charge in [0.25, 0.3) is 0 Å². The summed E-state index contributed by atoms with van der Waals surface area (Å²) in [6.07, 6.45) is 3.27. The third kappa shape index (κ3) is 1.93. The number of hydrogen-bond donors (Lipinski definition) is 1. The fourth-order valence-corrected chi connectivity index (χ4v) is 1.64. The van der Waals surface area contributed by atoms with Gasteiger partial charge in [-0.25, -0.2) is 0 Å². The molecule has 1 unspecified atom stereocenters. The number of fused-ring (bicyclic) bond motifs is 1. The van der Waals surface area contributed by atoms with Crippen molar-refractivity contribution in [3.8, 4) is 0 Å². The van der Waals surface area contributed by atoms with Crippen LogP contribution in [0.3, 0.4) is 0 Å². The quantitative estimate of drug-likeness (QED) is 0.349. The minimum atomic E-state index is 0. The van der Waals surface area contributed by atoms with E-state index >= 15 is 0 Å². The number of nitrogens with two attached hydrogens (primary N) is 1. The van der Waals surface area contributed by atoms with E-state index in [4.69, 9.17) is 5.73 Å². The van der Waals surface area contributed by atoms with Gasteiger partial charge in [0.05, 0.1) is 0 Å². The third-order valence-electron chi connectivity index (χ3n) is 2.29. The molecular weight excluding hydrogens is 141 g/mol. The molecule has 0 saturated carbocycles. The first-order chi connectivity index (χ1) is 5.36. The maximum atomic E-state index is 5.83. The molecule has 1 aliphatic carbocycles. The smallest absolute Gasteiger partial charge is 0.327 e. The van der Waals surface area contributed by atoms with Crippen LogP contribution in [0.1, 0.15) is 17.5 Å². The van der Waals surface area contributed by atoms with Gasteiger partial charge in [0, 0.05) is 6.04 Å². The zero-order valence-electron chi connectivity index (χ0n) is 7.51. The Kier molecular flexibility index (Phi) is 3.40. The molecule has 1 aromatic rings. The minimum Gasteiger partial charge on any atom is -0.327 e. The molecule has 12 heavy (non-hydrogen) atoms. The van der Waals surface area contributed by atoms with Crippen LogP contribution in [-0.2, 0) is 12.8 Å². The molecule has 0 radical (unpaired) electrons. The Labute approximate surface area is 85.5 Å². The molecule has 0 bridgehead atoms. The van der Waals surface area contributed by atoms with Crippen LogP contribution < -0.4 is 24.6 Å². The van der Waals surface area contributed by atoms with Crippen molar-refractivity contribution in [2.24, 2.45) is 5.73 Å². The molecule has 1 aliphatic rings. The van der Waals surface area contributed by atoms with Crippen LogP contribution in [0.5, 0.6) is 0 Å². The molecule has 0 aromatic heterocycles. The summed E-state index contributed by atoms with van der Waals surface area (Å²) < 4.78 is 0. The van der Waals surface area contributed by atoms with E-state index < -0.39 is 0 Å². The first-order valence-corrected chi connectivity index (χ1v) is 4.10. The first kappa shape index (κ1) is 9.86. The van der Waals surface area contributed by atoms with Gasteiger partial charge in [-0.1, -0.05) is 6.42 Å². The van der Waals surface area contributed by atoms with Crippen molar-refractivity contribution in [3.63, 3.8) is 0 Å². The average molecular weight is 153 g/mol. The van der Waals surface area contributed by atoms with Crippen molar-refractivity contribution >= 4 is 0 Å². The summed E-state index contributed by atoms with van der Waals surface area (Å²) in [5, 5.41) is 0. The average Bonchev–Trinajstić information content (AvgIpc) is 2.04. The maximum absolute atomic E-state index is 5.83. The molecule has 58 valence electrons. The predicted molar refractivity (Wildman–Crippen MR) is 45.3 cm³/mol. The van der Waals surface area contributed by atoms with E-state index in [1.807, 2.05) is 6.07 Å². The molecule has 1 nitrogen and oxygen atoms in total. The van der Waals surface area contributed by atoms with Crippen LogP contribution in [0.15, 0.2) is 18.2 Å². The van der Waals surface area contributed by atoms with Gasteiger partial charge in [-0.2, -0.15) is 35.4 Å². The molecule has 0 heterocycles. The molecule has 0 amide bonds. The van der Waals surface area contributed by atoms with Crippen LogP contribution in [0.25, 0.3) is 0 Å². The van der Waals surface area contributed by atoms with Gasteiger partial charge in [0.15, 0.2) is 0 Å². The number of hydrogen-bond acceptors (Lipinski definition) is 1. The van der Waals surface area contributed by atoms with E-state index in [2.05, 4.69) is 18.2 Å². The zero-order valence-corrected chi connectivity index (χ0v) is 7.51. The van der Waals surface area contributed by atoms with E-state index in [9.17, 15) is 0 Å². The van der Waals surface area contributed by atoms with E-state index in [0.717, 1.165) is 19.3 Å². The van der Waals surface area contributed by atoms with Crippen LogP contribution in [-0.4, -0.2) is 6.04 Å². The maximum Gasteiger partial charge on any atom is 1.00 e. The second kappa shape index (κ2) is 4.14. The molecule has 0 fully saturated rings. The van der Waals surface area contributed by atoms with Gasteiger partial charge in [0.1, 0.15) is 0 Å². The van der Waals surface area contributed by atoms with Crippen LogP contribution in [0, 0.1) is 6.07 Å². The molecule has 2 N–H and O–H groups in total. The van der Waals surface area contributed by atoms with Gasteiger partial charge < -0.3 is 5.73 Å². The van der Waals surface area contributed by atoms with Crippen molar-refractivity contribution in [2.75, 3.05) is 0 Å². The van der Waals surface area contributed by atoms with Crippen molar-refractivity contribution < 1.29 is 18.9 Å². The number of rotatable bonds is 0. The Bertz CT molecular complexity index is 260. The molecule has 0 spiro atoms. The summed E-state index contributed by atoms with van der Waals surface area (Å²) in [6, 6.07) is 9.80. The van der Waals surface area contributed by atoms with Gasteiger partial charge >= 0.3 is 18.9 Å². The molecule has 1 atom stereocenters. The second-order valence-electron chi connectivity index (χ2n) is 3.18. The van der Waals surface area contributed by atoms with Crippen molar-refractivity contribution in [1.82, 2.24) is 0 Å². The Morgan fingerprint density at radius 3 is 3.17 bits per heavy atom. The van der Waals surface area contributed by atoms with E-state index in [-0.39, 0.29) is 18.9 Å². The SMILES string of the molecule is NC1CCc2ccc[c-]c2C1.[Li+]. The molecule has 1 aromatic carbocycles. The largest absolute Gasteiger partial charge is 1.00 e. The predicted octanol–water partition coefficient (Wildman–Crippen LogP) is -1.69. The molecule has 0 saturated heterocycles. The van der Waals surface area contributed by atoms with E-state index in [1.165, 1.54) is 11.1 Å². The van der Waals surface area contributed by atoms with Crippen LogP contribution in [0.2, 0.25) is 0 Å². The second-order valence-corrected chi connectivity index (χ2v) is 3.18. The van der Waals surface area contributed by atoms with Crippen molar-refractivity contribution in [3.05, 3.63) is 35.4 Å². The van der Waals surface area contributed by atoms with Gasteiger partial charge in [-0.3, -0.25) is 0 Å². The third-order valence-corrected chi connectivity index (χ3v) is 2.29. The molecular formula is C10H12LiN. The standard InChI is InChI=1S/C10H12N.Li/c11-10-6-5-8-3-1-2-4-9(8)7-10;/h1-3,10H,5-7,11H2;/q-1;+1. The van der Waals surface area contributed by atoms with Crippen molar-refractivity contribution in [2.45, 2.75) is 25.3 Å². The van der Waals surface area contributed by atoms with Crippen LogP contribution in [0.4, 0.5) is 0 Å². The summed E-state index contributed by atoms with van der Waals surface area (Å²) in [5.41, 5.74) is 8.59. The fraction of sp³-hybridized carbons (Fsp3) is 0.400. The van der Waals surface area contributed by atoms with Crippen LogP contribution >= 0.6 is 0 Å². The molecule has 0 aliphatic heterocycles. The molecule has 2 heteroatoms. The van der Waals surface area contributed by atoms with E-state index in [1.54, 1.807) is 0 Å². The Morgan fingerprint density at radius 2 is 2.33 bits per heavy atom. The van der Waals surface area contributed by atoms with Gasteiger partial charge in [-0.15, -0.1) is 0 Å². The molecule has 2 rings (SSSR count). The van der Waals surface area contributed by atoms with Crippen molar-refractivity contribution in [1.29, 1.82) is 0 Å². The number of aryl methyl sites for hydroxylation is 1. The van der Waals surface area contributed by atoms with Gasteiger partial charge in [-0.05, 0) is 12.8 Å². The Hall–Kier alpha value is -0.223. The summed E-state index contributed by atoms with van der Waals surface area (Å²) in [5.74, 6) is 0. The van der Waals surface area contributed by atoms with Gasteiger partial charge in [0.2, 0.25) is 0 Å². The summed E-state index contributed by atoms with van der Waals surface area (Å²) in [4.78, 5) is 0. The monoisotopic (exact) mass is 153 g/mol. The zero-order chi connectivity index (χ0) is 7.68. The first-order valence-electron chi connectivity index (χ1n) is 4.10. The Morgan fingerprint density at radius 1 is 1.50 bits per heavy atom. The summed E-state index contributed by atoms with van der Waals surface area (Å²) in [6.45, 7) is 0.